The standard InChI is InChI=1S/C16H16N2O2S2/c1-11-7-8-15-14(9-11)17-16(18-22(15,19)20)21-10-13-6-4-3-5-12(13)2/h3-9H,10H2,1-2H3,(H,17,18). The van der Waals surface area contributed by atoms with Crippen LogP contribution in [0.5, 0.6) is 0 Å². The Balaban J connectivity index is 1.85. The van der Waals surface area contributed by atoms with Crippen molar-refractivity contribution in [3.05, 3.63) is 59.2 Å². The second-order valence-corrected chi connectivity index (χ2v) is 7.75. The molecule has 1 aliphatic heterocycles. The largest absolute Gasteiger partial charge is 0.333 e. The third-order valence-corrected chi connectivity index (χ3v) is 5.86. The molecule has 0 radical (unpaired) electrons. The van der Waals surface area contributed by atoms with Crippen LogP contribution in [0.4, 0.5) is 5.69 Å². The number of hydrogen-bond donors (Lipinski definition) is 1. The van der Waals surface area contributed by atoms with Gasteiger partial charge >= 0.3 is 0 Å². The zero-order chi connectivity index (χ0) is 15.7. The van der Waals surface area contributed by atoms with Crippen molar-refractivity contribution in [2.45, 2.75) is 24.5 Å². The first-order valence-electron chi connectivity index (χ1n) is 6.86. The van der Waals surface area contributed by atoms with Gasteiger partial charge in [0.2, 0.25) is 0 Å². The molecule has 0 aliphatic carbocycles. The van der Waals surface area contributed by atoms with E-state index in [1.165, 1.54) is 22.9 Å². The van der Waals surface area contributed by atoms with Gasteiger partial charge in [-0.05, 0) is 42.7 Å². The molecule has 0 aromatic heterocycles. The van der Waals surface area contributed by atoms with Gasteiger partial charge in [0.05, 0.1) is 5.69 Å². The Bertz CT molecular complexity index is 858. The zero-order valence-corrected chi connectivity index (χ0v) is 14.0. The van der Waals surface area contributed by atoms with Gasteiger partial charge < -0.3 is 5.32 Å². The van der Waals surface area contributed by atoms with Gasteiger partial charge in [-0.25, -0.2) is 0 Å². The monoisotopic (exact) mass is 332 g/mol. The maximum atomic E-state index is 12.2. The molecule has 2 aromatic rings. The summed E-state index contributed by atoms with van der Waals surface area (Å²) in [6.45, 7) is 3.97. The molecular weight excluding hydrogens is 316 g/mol. The predicted octanol–water partition coefficient (Wildman–Crippen LogP) is 3.71. The minimum Gasteiger partial charge on any atom is -0.333 e. The van der Waals surface area contributed by atoms with Crippen LogP contribution in [0.25, 0.3) is 0 Å². The van der Waals surface area contributed by atoms with Crippen LogP contribution in [0, 0.1) is 13.8 Å². The highest BCUT2D eigenvalue weighted by molar-refractivity contribution is 8.14. The summed E-state index contributed by atoms with van der Waals surface area (Å²) in [7, 11) is -3.62. The summed E-state index contributed by atoms with van der Waals surface area (Å²) in [5.41, 5.74) is 3.96. The first kappa shape index (κ1) is 15.1. The molecule has 0 amide bonds. The number of aryl methyl sites for hydroxylation is 2. The number of benzene rings is 2. The predicted molar refractivity (Wildman–Crippen MR) is 91.9 cm³/mol. The number of nitrogens with one attached hydrogen (secondary N) is 1. The molecule has 114 valence electrons. The van der Waals surface area contributed by atoms with E-state index in [1.807, 2.05) is 44.2 Å². The quantitative estimate of drug-likeness (QED) is 0.911. The first-order chi connectivity index (χ1) is 10.5. The lowest BCUT2D eigenvalue weighted by Crippen LogP contribution is -2.19. The summed E-state index contributed by atoms with van der Waals surface area (Å²) in [5, 5.41) is 3.53. The van der Waals surface area contributed by atoms with Gasteiger partial charge in [0.15, 0.2) is 5.17 Å². The van der Waals surface area contributed by atoms with Crippen LogP contribution >= 0.6 is 11.8 Å². The highest BCUT2D eigenvalue weighted by atomic mass is 32.2. The number of amidine groups is 1. The van der Waals surface area contributed by atoms with Crippen molar-refractivity contribution in [3.8, 4) is 0 Å². The molecule has 1 heterocycles. The molecule has 0 saturated heterocycles. The molecule has 3 rings (SSSR count). The lowest BCUT2D eigenvalue weighted by atomic mass is 10.1. The number of hydrogen-bond acceptors (Lipinski definition) is 4. The Morgan fingerprint density at radius 2 is 1.91 bits per heavy atom. The number of thioether (sulfide) groups is 1. The Hall–Kier alpha value is -1.79. The van der Waals surface area contributed by atoms with Crippen molar-refractivity contribution in [1.29, 1.82) is 0 Å². The molecule has 0 fully saturated rings. The molecule has 0 saturated carbocycles. The molecular formula is C16H16N2O2S2. The van der Waals surface area contributed by atoms with Crippen molar-refractivity contribution < 1.29 is 8.42 Å². The van der Waals surface area contributed by atoms with Crippen LogP contribution in [-0.2, 0) is 15.8 Å². The van der Waals surface area contributed by atoms with Crippen LogP contribution in [0.2, 0.25) is 0 Å². The molecule has 0 bridgehead atoms. The van der Waals surface area contributed by atoms with Crippen LogP contribution in [-0.4, -0.2) is 13.6 Å². The van der Waals surface area contributed by atoms with Gasteiger partial charge in [0.25, 0.3) is 10.0 Å². The maximum Gasteiger partial charge on any atom is 0.286 e. The third-order valence-electron chi connectivity index (χ3n) is 3.48. The number of anilines is 1. The van der Waals surface area contributed by atoms with E-state index in [9.17, 15) is 8.42 Å². The average molecular weight is 332 g/mol. The Labute approximate surface area is 134 Å². The maximum absolute atomic E-state index is 12.2. The average Bonchev–Trinajstić information content (AvgIpc) is 2.45. The van der Waals surface area contributed by atoms with Crippen molar-refractivity contribution >= 4 is 32.6 Å². The van der Waals surface area contributed by atoms with Crippen LogP contribution < -0.4 is 5.32 Å². The number of sulfonamides is 1. The van der Waals surface area contributed by atoms with E-state index in [-0.39, 0.29) is 4.90 Å². The van der Waals surface area contributed by atoms with Crippen molar-refractivity contribution in [3.63, 3.8) is 0 Å². The molecule has 4 nitrogen and oxygen atoms in total. The van der Waals surface area contributed by atoms with E-state index in [0.29, 0.717) is 16.6 Å². The summed E-state index contributed by atoms with van der Waals surface area (Å²) >= 11 is 1.40. The van der Waals surface area contributed by atoms with E-state index < -0.39 is 10.0 Å². The molecule has 6 heteroatoms. The molecule has 1 aliphatic rings. The molecule has 2 aromatic carbocycles. The van der Waals surface area contributed by atoms with E-state index in [0.717, 1.165) is 5.56 Å². The van der Waals surface area contributed by atoms with Crippen molar-refractivity contribution in [2.24, 2.45) is 4.40 Å². The van der Waals surface area contributed by atoms with Gasteiger partial charge in [-0.2, -0.15) is 8.42 Å². The number of rotatable bonds is 2. The van der Waals surface area contributed by atoms with Gasteiger partial charge in [-0.3, -0.25) is 0 Å². The summed E-state index contributed by atoms with van der Waals surface area (Å²) in [6, 6.07) is 13.3. The highest BCUT2D eigenvalue weighted by Crippen LogP contribution is 2.31. The summed E-state index contributed by atoms with van der Waals surface area (Å²) in [4.78, 5) is 0.235. The van der Waals surface area contributed by atoms with Crippen molar-refractivity contribution in [1.82, 2.24) is 0 Å². The van der Waals surface area contributed by atoms with Gasteiger partial charge in [0, 0.05) is 5.75 Å². The SMILES string of the molecule is Cc1ccc2c(c1)NC(SCc1ccccc1C)=NS2(=O)=O. The lowest BCUT2D eigenvalue weighted by molar-refractivity contribution is 0.598. The third kappa shape index (κ3) is 3.03. The zero-order valence-electron chi connectivity index (χ0n) is 12.3. The first-order valence-corrected chi connectivity index (χ1v) is 9.28. The molecule has 0 atom stereocenters. The Morgan fingerprint density at radius 1 is 1.14 bits per heavy atom. The second kappa shape index (κ2) is 5.78. The minimum atomic E-state index is -3.62. The van der Waals surface area contributed by atoms with Crippen molar-refractivity contribution in [2.75, 3.05) is 5.32 Å². The molecule has 1 N–H and O–H groups in total. The minimum absolute atomic E-state index is 0.235. The van der Waals surface area contributed by atoms with Crippen LogP contribution in [0.3, 0.4) is 0 Å². The Kier molecular flexibility index (Phi) is 3.97. The van der Waals surface area contributed by atoms with Crippen LogP contribution in [0.1, 0.15) is 16.7 Å². The molecule has 22 heavy (non-hydrogen) atoms. The van der Waals surface area contributed by atoms with E-state index >= 15 is 0 Å². The topological polar surface area (TPSA) is 58.5 Å². The normalized spacial score (nSPS) is 15.6. The Morgan fingerprint density at radius 3 is 2.68 bits per heavy atom. The highest BCUT2D eigenvalue weighted by Gasteiger charge is 2.24. The summed E-state index contributed by atoms with van der Waals surface area (Å²) in [6.07, 6.45) is 0. The van der Waals surface area contributed by atoms with Crippen LogP contribution in [0.15, 0.2) is 51.8 Å². The summed E-state index contributed by atoms with van der Waals surface area (Å²) in [5.74, 6) is 0.676. The van der Waals surface area contributed by atoms with E-state index in [4.69, 9.17) is 0 Å². The smallest absolute Gasteiger partial charge is 0.286 e. The number of nitrogens with zero attached hydrogens (tertiary/aromatic N) is 1. The molecule has 0 spiro atoms. The van der Waals surface area contributed by atoms with Gasteiger partial charge in [0.1, 0.15) is 4.90 Å². The summed E-state index contributed by atoms with van der Waals surface area (Å²) < 4.78 is 28.3. The van der Waals surface area contributed by atoms with E-state index in [2.05, 4.69) is 9.71 Å². The fraction of sp³-hybridized carbons (Fsp3) is 0.188. The second-order valence-electron chi connectivity index (χ2n) is 5.21. The lowest BCUT2D eigenvalue weighted by Gasteiger charge is -2.18. The fourth-order valence-corrected chi connectivity index (χ4v) is 4.54. The van der Waals surface area contributed by atoms with E-state index in [1.54, 1.807) is 12.1 Å². The fourth-order valence-electron chi connectivity index (χ4n) is 2.24. The number of fused-ring (bicyclic) bond motifs is 1. The molecule has 0 unspecified atom stereocenters. The van der Waals surface area contributed by atoms with Gasteiger partial charge in [-0.1, -0.05) is 42.1 Å². The van der Waals surface area contributed by atoms with Gasteiger partial charge in [-0.15, -0.1) is 4.40 Å².